The molecule has 0 radical (unpaired) electrons. The van der Waals surface area contributed by atoms with E-state index in [2.05, 4.69) is 15.6 Å². The first-order valence-electron chi connectivity index (χ1n) is 10.5. The van der Waals surface area contributed by atoms with Crippen LogP contribution in [0.15, 0.2) is 91.1 Å². The summed E-state index contributed by atoms with van der Waals surface area (Å²) in [6.07, 6.45) is 1.67. The molecule has 1 aliphatic heterocycles. The van der Waals surface area contributed by atoms with Crippen molar-refractivity contribution in [3.63, 3.8) is 0 Å². The highest BCUT2D eigenvalue weighted by molar-refractivity contribution is 6.05. The van der Waals surface area contributed by atoms with E-state index in [-0.39, 0.29) is 12.7 Å². The summed E-state index contributed by atoms with van der Waals surface area (Å²) in [5.74, 6) is 3.20. The predicted molar refractivity (Wildman–Crippen MR) is 125 cm³/mol. The topological polar surface area (TPSA) is 81.7 Å². The second-order valence-corrected chi connectivity index (χ2v) is 7.33. The maximum absolute atomic E-state index is 12.8. The smallest absolute Gasteiger partial charge is 0.255 e. The quantitative estimate of drug-likeness (QED) is 0.398. The van der Waals surface area contributed by atoms with Crippen molar-refractivity contribution in [1.29, 1.82) is 0 Å². The molecule has 2 heterocycles. The monoisotopic (exact) mass is 439 g/mol. The Hall–Kier alpha value is -4.52. The zero-order chi connectivity index (χ0) is 22.5. The number of anilines is 2. The van der Waals surface area contributed by atoms with E-state index in [9.17, 15) is 4.79 Å². The van der Waals surface area contributed by atoms with Gasteiger partial charge in [0.05, 0.1) is 5.69 Å². The lowest BCUT2D eigenvalue weighted by atomic mass is 10.2. The molecule has 5 rings (SSSR count). The summed E-state index contributed by atoms with van der Waals surface area (Å²) in [6, 6.07) is 25.8. The van der Waals surface area contributed by atoms with Crippen LogP contribution in [0.25, 0.3) is 0 Å². The number of carbonyl (C=O) groups excluding carboxylic acids is 1. The number of hydrogen-bond donors (Lipinski definition) is 2. The number of nitrogens with zero attached hydrogens (tertiary/aromatic N) is 1. The molecule has 0 atom stereocenters. The van der Waals surface area contributed by atoms with E-state index >= 15 is 0 Å². The van der Waals surface area contributed by atoms with Crippen LogP contribution in [-0.2, 0) is 6.54 Å². The lowest BCUT2D eigenvalue weighted by molar-refractivity contribution is 0.102. The molecule has 0 saturated heterocycles. The SMILES string of the molecule is O=C(Nc1cccnc1NCc1ccc2c(c1)OCO2)c1ccc(Oc2ccccc2)cc1. The van der Waals surface area contributed by atoms with Gasteiger partial charge in [-0.15, -0.1) is 0 Å². The zero-order valence-corrected chi connectivity index (χ0v) is 17.7. The van der Waals surface area contributed by atoms with Gasteiger partial charge in [-0.3, -0.25) is 4.79 Å². The van der Waals surface area contributed by atoms with Crippen LogP contribution in [-0.4, -0.2) is 17.7 Å². The molecule has 0 bridgehead atoms. The third-order valence-electron chi connectivity index (χ3n) is 5.05. The normalized spacial score (nSPS) is 11.6. The first kappa shape index (κ1) is 20.4. The first-order valence-corrected chi connectivity index (χ1v) is 10.5. The van der Waals surface area contributed by atoms with Gasteiger partial charge in [-0.2, -0.15) is 0 Å². The van der Waals surface area contributed by atoms with Crippen molar-refractivity contribution < 1.29 is 19.0 Å². The molecule has 7 heteroatoms. The van der Waals surface area contributed by atoms with E-state index < -0.39 is 0 Å². The minimum atomic E-state index is -0.236. The molecule has 1 aromatic heterocycles. The van der Waals surface area contributed by atoms with Crippen LogP contribution in [0.2, 0.25) is 0 Å². The van der Waals surface area contributed by atoms with Gasteiger partial charge in [-0.25, -0.2) is 4.98 Å². The molecular weight excluding hydrogens is 418 g/mol. The van der Waals surface area contributed by atoms with Crippen molar-refractivity contribution in [2.24, 2.45) is 0 Å². The van der Waals surface area contributed by atoms with Crippen molar-refractivity contribution >= 4 is 17.4 Å². The number of amides is 1. The minimum absolute atomic E-state index is 0.236. The van der Waals surface area contributed by atoms with E-state index in [1.54, 1.807) is 42.6 Å². The fourth-order valence-corrected chi connectivity index (χ4v) is 3.38. The predicted octanol–water partition coefficient (Wildman–Crippen LogP) is 5.47. The first-order chi connectivity index (χ1) is 16.2. The highest BCUT2D eigenvalue weighted by atomic mass is 16.7. The summed E-state index contributed by atoms with van der Waals surface area (Å²) in [5.41, 5.74) is 2.12. The van der Waals surface area contributed by atoms with E-state index in [0.717, 1.165) is 22.8 Å². The van der Waals surface area contributed by atoms with Crippen molar-refractivity contribution in [3.8, 4) is 23.0 Å². The van der Waals surface area contributed by atoms with E-state index in [1.165, 1.54) is 0 Å². The third kappa shape index (κ3) is 4.88. The zero-order valence-electron chi connectivity index (χ0n) is 17.7. The Labute approximate surface area is 191 Å². The van der Waals surface area contributed by atoms with Crippen LogP contribution in [0, 0.1) is 0 Å². The maximum atomic E-state index is 12.8. The highest BCUT2D eigenvalue weighted by Gasteiger charge is 2.14. The van der Waals surface area contributed by atoms with Gasteiger partial charge < -0.3 is 24.8 Å². The molecule has 164 valence electrons. The number of pyridine rings is 1. The molecule has 0 aliphatic carbocycles. The summed E-state index contributed by atoms with van der Waals surface area (Å²) < 4.78 is 16.6. The second-order valence-electron chi connectivity index (χ2n) is 7.33. The van der Waals surface area contributed by atoms with Gasteiger partial charge in [0.15, 0.2) is 11.5 Å². The van der Waals surface area contributed by atoms with Crippen LogP contribution >= 0.6 is 0 Å². The van der Waals surface area contributed by atoms with Crippen molar-refractivity contribution in [3.05, 3.63) is 102 Å². The number of ether oxygens (including phenoxy) is 3. The molecule has 0 saturated carbocycles. The van der Waals surface area contributed by atoms with Crippen molar-refractivity contribution in [2.75, 3.05) is 17.4 Å². The fraction of sp³-hybridized carbons (Fsp3) is 0.0769. The molecule has 4 aromatic rings. The molecule has 0 fully saturated rings. The van der Waals surface area contributed by atoms with Crippen molar-refractivity contribution in [2.45, 2.75) is 6.54 Å². The number of para-hydroxylation sites is 1. The maximum Gasteiger partial charge on any atom is 0.255 e. The van der Waals surface area contributed by atoms with Gasteiger partial charge in [-0.05, 0) is 66.2 Å². The molecule has 33 heavy (non-hydrogen) atoms. The molecule has 1 amide bonds. The standard InChI is InChI=1S/C26H21N3O4/c30-26(19-9-11-21(12-10-19)33-20-5-2-1-3-6-20)29-22-7-4-14-27-25(22)28-16-18-8-13-23-24(15-18)32-17-31-23/h1-15H,16-17H2,(H,27,28)(H,29,30). The summed E-state index contributed by atoms with van der Waals surface area (Å²) in [5, 5.41) is 6.20. The lowest BCUT2D eigenvalue weighted by Gasteiger charge is -2.13. The van der Waals surface area contributed by atoms with Crippen LogP contribution in [0.4, 0.5) is 11.5 Å². The second kappa shape index (κ2) is 9.32. The van der Waals surface area contributed by atoms with Gasteiger partial charge >= 0.3 is 0 Å². The summed E-state index contributed by atoms with van der Waals surface area (Å²) in [6.45, 7) is 0.754. The number of carbonyl (C=O) groups is 1. The summed E-state index contributed by atoms with van der Waals surface area (Å²) in [7, 11) is 0. The average Bonchev–Trinajstić information content (AvgIpc) is 3.33. The Morgan fingerprint density at radius 3 is 2.52 bits per heavy atom. The Morgan fingerprint density at radius 1 is 0.879 bits per heavy atom. The van der Waals surface area contributed by atoms with Crippen molar-refractivity contribution in [1.82, 2.24) is 4.98 Å². The number of rotatable bonds is 7. The molecule has 3 aromatic carbocycles. The Morgan fingerprint density at radius 2 is 1.67 bits per heavy atom. The molecular formula is C26H21N3O4. The van der Waals surface area contributed by atoms with Gasteiger partial charge in [0, 0.05) is 18.3 Å². The third-order valence-corrected chi connectivity index (χ3v) is 5.05. The fourth-order valence-electron chi connectivity index (χ4n) is 3.38. The van der Waals surface area contributed by atoms with Gasteiger partial charge in [0.1, 0.15) is 17.3 Å². The minimum Gasteiger partial charge on any atom is -0.457 e. The van der Waals surface area contributed by atoms with Gasteiger partial charge in [0.25, 0.3) is 5.91 Å². The number of nitrogens with one attached hydrogen (secondary N) is 2. The number of aromatic nitrogens is 1. The molecule has 7 nitrogen and oxygen atoms in total. The van der Waals surface area contributed by atoms with Crippen LogP contribution < -0.4 is 24.8 Å². The Kier molecular flexibility index (Phi) is 5.75. The lowest BCUT2D eigenvalue weighted by Crippen LogP contribution is -2.14. The van der Waals surface area contributed by atoms with E-state index in [1.807, 2.05) is 48.5 Å². The van der Waals surface area contributed by atoms with Crippen LogP contribution in [0.5, 0.6) is 23.0 Å². The summed E-state index contributed by atoms with van der Waals surface area (Å²) >= 11 is 0. The van der Waals surface area contributed by atoms with E-state index in [4.69, 9.17) is 14.2 Å². The Balaban J connectivity index is 1.23. The van der Waals surface area contributed by atoms with E-state index in [0.29, 0.717) is 29.4 Å². The Bertz CT molecular complexity index is 1260. The molecule has 2 N–H and O–H groups in total. The number of benzene rings is 3. The number of hydrogen-bond acceptors (Lipinski definition) is 6. The number of fused-ring (bicyclic) bond motifs is 1. The van der Waals surface area contributed by atoms with Crippen LogP contribution in [0.1, 0.15) is 15.9 Å². The van der Waals surface area contributed by atoms with Gasteiger partial charge in [0.2, 0.25) is 6.79 Å². The van der Waals surface area contributed by atoms with Crippen LogP contribution in [0.3, 0.4) is 0 Å². The largest absolute Gasteiger partial charge is 0.457 e. The molecule has 0 spiro atoms. The summed E-state index contributed by atoms with van der Waals surface area (Å²) in [4.78, 5) is 17.2. The molecule has 1 aliphatic rings. The molecule has 0 unspecified atom stereocenters. The highest BCUT2D eigenvalue weighted by Crippen LogP contribution is 2.33. The average molecular weight is 439 g/mol. The van der Waals surface area contributed by atoms with Gasteiger partial charge in [-0.1, -0.05) is 24.3 Å².